The highest BCUT2D eigenvalue weighted by molar-refractivity contribution is 5.02. The van der Waals surface area contributed by atoms with Crippen molar-refractivity contribution in [3.05, 3.63) is 24.2 Å². The molecule has 1 N–H and O–H groups in total. The van der Waals surface area contributed by atoms with Gasteiger partial charge < -0.3 is 14.5 Å². The molecule has 0 aliphatic carbocycles. The van der Waals surface area contributed by atoms with Crippen LogP contribution < -0.4 is 5.32 Å². The van der Waals surface area contributed by atoms with Crippen molar-refractivity contribution in [2.24, 2.45) is 0 Å². The first-order valence-electron chi connectivity index (χ1n) is 6.69. The van der Waals surface area contributed by atoms with Crippen molar-refractivity contribution in [1.29, 1.82) is 0 Å². The zero-order valence-corrected chi connectivity index (χ0v) is 11.6. The third kappa shape index (κ3) is 3.34. The maximum atomic E-state index is 5.52. The molecule has 0 saturated carbocycles. The first-order chi connectivity index (χ1) is 8.59. The first kappa shape index (κ1) is 13.6. The molecule has 0 radical (unpaired) electrons. The fraction of sp³-hybridized carbons (Fsp3) is 0.714. The molecule has 2 heterocycles. The van der Waals surface area contributed by atoms with E-state index in [1.807, 2.05) is 12.1 Å². The fourth-order valence-corrected chi connectivity index (χ4v) is 2.36. The summed E-state index contributed by atoms with van der Waals surface area (Å²) in [6.07, 6.45) is 1.72. The van der Waals surface area contributed by atoms with E-state index in [4.69, 9.17) is 9.15 Å². The average molecular weight is 252 g/mol. The van der Waals surface area contributed by atoms with E-state index in [0.717, 1.165) is 38.6 Å². The Kier molecular flexibility index (Phi) is 4.43. The zero-order valence-electron chi connectivity index (χ0n) is 11.6. The van der Waals surface area contributed by atoms with Crippen LogP contribution in [0.5, 0.6) is 0 Å². The van der Waals surface area contributed by atoms with Crippen molar-refractivity contribution in [3.8, 4) is 0 Å². The van der Waals surface area contributed by atoms with Gasteiger partial charge in [0.15, 0.2) is 0 Å². The van der Waals surface area contributed by atoms with Crippen LogP contribution in [-0.4, -0.2) is 43.3 Å². The van der Waals surface area contributed by atoms with Crippen LogP contribution in [0.15, 0.2) is 22.8 Å². The van der Waals surface area contributed by atoms with E-state index in [1.165, 1.54) is 0 Å². The molecule has 0 bridgehead atoms. The van der Waals surface area contributed by atoms with Crippen LogP contribution in [0.25, 0.3) is 0 Å². The number of furan rings is 1. The molecule has 0 aromatic carbocycles. The van der Waals surface area contributed by atoms with Gasteiger partial charge in [-0.2, -0.15) is 0 Å². The number of ether oxygens (including phenoxy) is 1. The van der Waals surface area contributed by atoms with Gasteiger partial charge in [-0.15, -0.1) is 0 Å². The molecule has 1 atom stereocenters. The Morgan fingerprint density at radius 1 is 1.50 bits per heavy atom. The Balaban J connectivity index is 1.74. The Hall–Kier alpha value is -0.840. The van der Waals surface area contributed by atoms with Crippen LogP contribution in [-0.2, 0) is 4.74 Å². The van der Waals surface area contributed by atoms with Gasteiger partial charge in [0, 0.05) is 25.2 Å². The molecule has 1 unspecified atom stereocenters. The van der Waals surface area contributed by atoms with Crippen LogP contribution in [0.4, 0.5) is 0 Å². The first-order valence-corrected chi connectivity index (χ1v) is 6.69. The number of hydrogen-bond acceptors (Lipinski definition) is 4. The largest absolute Gasteiger partial charge is 0.468 e. The highest BCUT2D eigenvalue weighted by atomic mass is 16.5. The lowest BCUT2D eigenvalue weighted by Gasteiger charge is -2.42. The van der Waals surface area contributed by atoms with Gasteiger partial charge in [0.1, 0.15) is 5.76 Å². The van der Waals surface area contributed by atoms with Crippen LogP contribution >= 0.6 is 0 Å². The minimum atomic E-state index is 0.147. The number of rotatable bonds is 5. The van der Waals surface area contributed by atoms with Gasteiger partial charge in [0.25, 0.3) is 0 Å². The number of hydrogen-bond donors (Lipinski definition) is 1. The molecular weight excluding hydrogens is 228 g/mol. The quantitative estimate of drug-likeness (QED) is 0.870. The normalized spacial score (nSPS) is 21.9. The van der Waals surface area contributed by atoms with Crippen molar-refractivity contribution in [2.45, 2.75) is 32.4 Å². The molecular formula is C14H24N2O2. The second-order valence-electron chi connectivity index (χ2n) is 5.54. The number of nitrogens with one attached hydrogen (secondary N) is 1. The molecule has 102 valence electrons. The number of nitrogens with zero attached hydrogens (tertiary/aromatic N) is 1. The summed E-state index contributed by atoms with van der Waals surface area (Å²) in [6.45, 7) is 11.3. The van der Waals surface area contributed by atoms with Crippen molar-refractivity contribution in [1.82, 2.24) is 10.2 Å². The van der Waals surface area contributed by atoms with Gasteiger partial charge in [-0.3, -0.25) is 4.90 Å². The Morgan fingerprint density at radius 3 is 3.00 bits per heavy atom. The molecule has 0 spiro atoms. The van der Waals surface area contributed by atoms with E-state index in [1.54, 1.807) is 6.26 Å². The molecule has 0 amide bonds. The van der Waals surface area contributed by atoms with E-state index in [9.17, 15) is 0 Å². The van der Waals surface area contributed by atoms with E-state index < -0.39 is 0 Å². The minimum absolute atomic E-state index is 0.147. The van der Waals surface area contributed by atoms with E-state index in [2.05, 4.69) is 31.0 Å². The molecule has 2 rings (SSSR count). The molecule has 4 nitrogen and oxygen atoms in total. The molecule has 4 heteroatoms. The van der Waals surface area contributed by atoms with Gasteiger partial charge in [-0.25, -0.2) is 0 Å². The van der Waals surface area contributed by atoms with E-state index >= 15 is 0 Å². The van der Waals surface area contributed by atoms with Crippen molar-refractivity contribution < 1.29 is 9.15 Å². The van der Waals surface area contributed by atoms with Crippen molar-refractivity contribution in [2.75, 3.05) is 32.8 Å². The van der Waals surface area contributed by atoms with Crippen molar-refractivity contribution >= 4 is 0 Å². The monoisotopic (exact) mass is 252 g/mol. The minimum Gasteiger partial charge on any atom is -0.468 e. The maximum absolute atomic E-state index is 5.52. The Bertz CT molecular complexity index is 349. The van der Waals surface area contributed by atoms with E-state index in [-0.39, 0.29) is 11.6 Å². The third-order valence-electron chi connectivity index (χ3n) is 3.62. The topological polar surface area (TPSA) is 37.6 Å². The summed E-state index contributed by atoms with van der Waals surface area (Å²) in [5, 5.41) is 3.49. The zero-order chi connectivity index (χ0) is 13.0. The van der Waals surface area contributed by atoms with Gasteiger partial charge in [-0.05, 0) is 32.9 Å². The molecule has 1 fully saturated rings. The SMILES string of the molecule is CC(NCCN1CCOCC1(C)C)c1ccco1. The highest BCUT2D eigenvalue weighted by Crippen LogP contribution is 2.18. The van der Waals surface area contributed by atoms with Crippen LogP contribution in [0.1, 0.15) is 32.6 Å². The number of morpholine rings is 1. The second-order valence-corrected chi connectivity index (χ2v) is 5.54. The summed E-state index contributed by atoms with van der Waals surface area (Å²) in [5.41, 5.74) is 0.147. The third-order valence-corrected chi connectivity index (χ3v) is 3.62. The lowest BCUT2D eigenvalue weighted by molar-refractivity contribution is -0.0502. The van der Waals surface area contributed by atoms with E-state index in [0.29, 0.717) is 0 Å². The molecule has 1 aliphatic heterocycles. The standard InChI is InChI=1S/C14H24N2O2/c1-12(13-5-4-9-18-13)15-6-7-16-8-10-17-11-14(16,2)3/h4-5,9,12,15H,6-8,10-11H2,1-3H3. The molecule has 1 aromatic heterocycles. The summed E-state index contributed by atoms with van der Waals surface area (Å²) in [7, 11) is 0. The molecule has 18 heavy (non-hydrogen) atoms. The van der Waals surface area contributed by atoms with Crippen LogP contribution in [0.2, 0.25) is 0 Å². The van der Waals surface area contributed by atoms with Crippen molar-refractivity contribution in [3.63, 3.8) is 0 Å². The predicted molar refractivity (Wildman–Crippen MR) is 71.6 cm³/mol. The Morgan fingerprint density at radius 2 is 2.33 bits per heavy atom. The van der Waals surface area contributed by atoms with Gasteiger partial charge in [-0.1, -0.05) is 0 Å². The molecule has 1 aromatic rings. The predicted octanol–water partition coefficient (Wildman–Crippen LogP) is 2.04. The summed E-state index contributed by atoms with van der Waals surface area (Å²) in [5.74, 6) is 0.997. The second kappa shape index (κ2) is 5.87. The van der Waals surface area contributed by atoms with Crippen LogP contribution in [0, 0.1) is 0 Å². The summed E-state index contributed by atoms with van der Waals surface area (Å²) < 4.78 is 10.9. The summed E-state index contributed by atoms with van der Waals surface area (Å²) >= 11 is 0. The van der Waals surface area contributed by atoms with Gasteiger partial charge in [0.2, 0.25) is 0 Å². The molecule has 1 saturated heterocycles. The smallest absolute Gasteiger partial charge is 0.120 e. The fourth-order valence-electron chi connectivity index (χ4n) is 2.36. The summed E-state index contributed by atoms with van der Waals surface area (Å²) in [6, 6.07) is 4.21. The Labute approximate surface area is 109 Å². The maximum Gasteiger partial charge on any atom is 0.120 e. The average Bonchev–Trinajstić information content (AvgIpc) is 2.84. The highest BCUT2D eigenvalue weighted by Gasteiger charge is 2.29. The summed E-state index contributed by atoms with van der Waals surface area (Å²) in [4.78, 5) is 2.48. The van der Waals surface area contributed by atoms with Gasteiger partial charge >= 0.3 is 0 Å². The molecule has 1 aliphatic rings. The van der Waals surface area contributed by atoms with Gasteiger partial charge in [0.05, 0.1) is 25.5 Å². The lowest BCUT2D eigenvalue weighted by atomic mass is 10.0. The lowest BCUT2D eigenvalue weighted by Crippen LogP contribution is -2.54. The van der Waals surface area contributed by atoms with Crippen LogP contribution in [0.3, 0.4) is 0 Å².